The summed E-state index contributed by atoms with van der Waals surface area (Å²) in [7, 11) is 0. The van der Waals surface area contributed by atoms with Crippen LogP contribution in [-0.4, -0.2) is 42.8 Å². The SMILES string of the molecule is CC1CC(C)C(C)N(C2(CN)CCCOCC2)C1. The molecule has 2 aliphatic rings. The maximum Gasteiger partial charge on any atom is 0.0484 e. The lowest BCUT2D eigenvalue weighted by atomic mass is 9.79. The molecule has 3 heteroatoms. The fraction of sp³-hybridized carbons (Fsp3) is 1.00. The van der Waals surface area contributed by atoms with E-state index in [0.29, 0.717) is 6.04 Å². The molecule has 3 nitrogen and oxygen atoms in total. The average molecular weight is 254 g/mol. The summed E-state index contributed by atoms with van der Waals surface area (Å²) in [5.41, 5.74) is 6.39. The van der Waals surface area contributed by atoms with E-state index in [1.165, 1.54) is 19.4 Å². The second-order valence-electron chi connectivity index (χ2n) is 6.61. The molecule has 2 fully saturated rings. The van der Waals surface area contributed by atoms with Gasteiger partial charge in [-0.1, -0.05) is 13.8 Å². The van der Waals surface area contributed by atoms with Crippen LogP contribution in [0.5, 0.6) is 0 Å². The second kappa shape index (κ2) is 5.89. The molecule has 4 unspecified atom stereocenters. The number of piperidine rings is 1. The van der Waals surface area contributed by atoms with Crippen molar-refractivity contribution >= 4 is 0 Å². The normalized spacial score (nSPS) is 43.7. The highest BCUT2D eigenvalue weighted by molar-refractivity contribution is 4.98. The molecule has 0 aromatic heterocycles. The van der Waals surface area contributed by atoms with Gasteiger partial charge in [-0.3, -0.25) is 4.90 Å². The molecule has 0 aromatic carbocycles. The van der Waals surface area contributed by atoms with E-state index in [9.17, 15) is 0 Å². The Hall–Kier alpha value is -0.120. The Bertz CT molecular complexity index is 261. The van der Waals surface area contributed by atoms with Crippen LogP contribution in [0.4, 0.5) is 0 Å². The number of nitrogens with two attached hydrogens (primary N) is 1. The minimum atomic E-state index is 0.193. The van der Waals surface area contributed by atoms with E-state index in [1.54, 1.807) is 0 Å². The largest absolute Gasteiger partial charge is 0.381 e. The van der Waals surface area contributed by atoms with Crippen molar-refractivity contribution in [3.05, 3.63) is 0 Å². The molecular formula is C15H30N2O. The van der Waals surface area contributed by atoms with E-state index in [1.807, 2.05) is 0 Å². The van der Waals surface area contributed by atoms with Gasteiger partial charge in [-0.15, -0.1) is 0 Å². The third-order valence-electron chi connectivity index (χ3n) is 5.23. The highest BCUT2D eigenvalue weighted by Crippen LogP contribution is 2.37. The van der Waals surface area contributed by atoms with Gasteiger partial charge < -0.3 is 10.5 Å². The Balaban J connectivity index is 2.18. The fourth-order valence-electron chi connectivity index (χ4n) is 3.94. The molecule has 0 amide bonds. The lowest BCUT2D eigenvalue weighted by molar-refractivity contribution is -0.0263. The van der Waals surface area contributed by atoms with Crippen molar-refractivity contribution in [3.63, 3.8) is 0 Å². The first-order chi connectivity index (χ1) is 8.59. The van der Waals surface area contributed by atoms with E-state index in [-0.39, 0.29) is 5.54 Å². The molecule has 2 saturated heterocycles. The Labute approximate surface area is 112 Å². The Morgan fingerprint density at radius 2 is 2.00 bits per heavy atom. The monoisotopic (exact) mass is 254 g/mol. The average Bonchev–Trinajstić information content (AvgIpc) is 2.60. The second-order valence-corrected chi connectivity index (χ2v) is 6.61. The molecule has 0 spiro atoms. The van der Waals surface area contributed by atoms with Gasteiger partial charge in [0.15, 0.2) is 0 Å². The van der Waals surface area contributed by atoms with Gasteiger partial charge in [0.25, 0.3) is 0 Å². The molecule has 2 rings (SSSR count). The molecule has 4 atom stereocenters. The quantitative estimate of drug-likeness (QED) is 0.821. The van der Waals surface area contributed by atoms with Gasteiger partial charge in [0.05, 0.1) is 0 Å². The van der Waals surface area contributed by atoms with Gasteiger partial charge in [0, 0.05) is 37.9 Å². The van der Waals surface area contributed by atoms with E-state index in [0.717, 1.165) is 44.4 Å². The lowest BCUT2D eigenvalue weighted by Crippen LogP contribution is -2.61. The van der Waals surface area contributed by atoms with E-state index in [2.05, 4.69) is 25.7 Å². The Morgan fingerprint density at radius 3 is 2.72 bits per heavy atom. The first-order valence-electron chi connectivity index (χ1n) is 7.63. The molecular weight excluding hydrogens is 224 g/mol. The van der Waals surface area contributed by atoms with Gasteiger partial charge in [0.2, 0.25) is 0 Å². The summed E-state index contributed by atoms with van der Waals surface area (Å²) in [6.07, 6.45) is 4.82. The van der Waals surface area contributed by atoms with Gasteiger partial charge >= 0.3 is 0 Å². The van der Waals surface area contributed by atoms with E-state index in [4.69, 9.17) is 10.5 Å². The number of nitrogens with zero attached hydrogens (tertiary/aromatic N) is 1. The molecule has 2 N–H and O–H groups in total. The van der Waals surface area contributed by atoms with Crippen LogP contribution in [-0.2, 0) is 4.74 Å². The van der Waals surface area contributed by atoms with Crippen LogP contribution in [0, 0.1) is 11.8 Å². The minimum absolute atomic E-state index is 0.193. The summed E-state index contributed by atoms with van der Waals surface area (Å²) < 4.78 is 5.65. The van der Waals surface area contributed by atoms with Gasteiger partial charge in [-0.2, -0.15) is 0 Å². The predicted octanol–water partition coefficient (Wildman–Crippen LogP) is 2.25. The van der Waals surface area contributed by atoms with Crippen molar-refractivity contribution in [1.82, 2.24) is 4.90 Å². The zero-order valence-corrected chi connectivity index (χ0v) is 12.3. The highest BCUT2D eigenvalue weighted by Gasteiger charge is 2.42. The maximum absolute atomic E-state index is 6.19. The lowest BCUT2D eigenvalue weighted by Gasteiger charge is -2.52. The zero-order chi connectivity index (χ0) is 13.2. The molecule has 2 aliphatic heterocycles. The number of ether oxygens (including phenoxy) is 1. The van der Waals surface area contributed by atoms with Crippen LogP contribution in [0.15, 0.2) is 0 Å². The molecule has 2 heterocycles. The van der Waals surface area contributed by atoms with Crippen LogP contribution in [0.2, 0.25) is 0 Å². The highest BCUT2D eigenvalue weighted by atomic mass is 16.5. The van der Waals surface area contributed by atoms with Crippen LogP contribution in [0.3, 0.4) is 0 Å². The van der Waals surface area contributed by atoms with Crippen LogP contribution < -0.4 is 5.73 Å². The van der Waals surface area contributed by atoms with Crippen molar-refractivity contribution < 1.29 is 4.74 Å². The van der Waals surface area contributed by atoms with Crippen molar-refractivity contribution in [1.29, 1.82) is 0 Å². The summed E-state index contributed by atoms with van der Waals surface area (Å²) in [5.74, 6) is 1.57. The van der Waals surface area contributed by atoms with Gasteiger partial charge in [0.1, 0.15) is 0 Å². The fourth-order valence-corrected chi connectivity index (χ4v) is 3.94. The van der Waals surface area contributed by atoms with Crippen molar-refractivity contribution in [2.75, 3.05) is 26.3 Å². The summed E-state index contributed by atoms with van der Waals surface area (Å²) in [4.78, 5) is 2.72. The molecule has 0 aliphatic carbocycles. The maximum atomic E-state index is 6.19. The van der Waals surface area contributed by atoms with E-state index >= 15 is 0 Å². The molecule has 0 bridgehead atoms. The number of hydrogen-bond acceptors (Lipinski definition) is 3. The molecule has 0 radical (unpaired) electrons. The van der Waals surface area contributed by atoms with Crippen LogP contribution >= 0.6 is 0 Å². The van der Waals surface area contributed by atoms with Crippen LogP contribution in [0.25, 0.3) is 0 Å². The molecule has 106 valence electrons. The van der Waals surface area contributed by atoms with Crippen molar-refractivity contribution in [3.8, 4) is 0 Å². The van der Waals surface area contributed by atoms with Crippen LogP contribution in [0.1, 0.15) is 46.5 Å². The topological polar surface area (TPSA) is 38.5 Å². The summed E-state index contributed by atoms with van der Waals surface area (Å²) in [5, 5.41) is 0. The van der Waals surface area contributed by atoms with Crippen molar-refractivity contribution in [2.24, 2.45) is 17.6 Å². The Kier molecular flexibility index (Phi) is 4.68. The summed E-state index contributed by atoms with van der Waals surface area (Å²) in [6.45, 7) is 10.9. The first-order valence-corrected chi connectivity index (χ1v) is 7.63. The van der Waals surface area contributed by atoms with E-state index < -0.39 is 0 Å². The van der Waals surface area contributed by atoms with Crippen molar-refractivity contribution in [2.45, 2.75) is 58.0 Å². The van der Waals surface area contributed by atoms with Gasteiger partial charge in [-0.05, 0) is 44.4 Å². The number of likely N-dealkylation sites (tertiary alicyclic amines) is 1. The molecule has 0 saturated carbocycles. The predicted molar refractivity (Wildman–Crippen MR) is 75.6 cm³/mol. The molecule has 0 aromatic rings. The zero-order valence-electron chi connectivity index (χ0n) is 12.3. The van der Waals surface area contributed by atoms with Gasteiger partial charge in [-0.25, -0.2) is 0 Å². The molecule has 18 heavy (non-hydrogen) atoms. The first kappa shape index (κ1) is 14.3. The standard InChI is InChI=1S/C15H30N2O/c1-12-9-13(2)14(3)17(10-12)15(11-16)5-4-7-18-8-6-15/h12-14H,4-11,16H2,1-3H3. The summed E-state index contributed by atoms with van der Waals surface area (Å²) >= 11 is 0. The number of rotatable bonds is 2. The minimum Gasteiger partial charge on any atom is -0.381 e. The Morgan fingerprint density at radius 1 is 1.22 bits per heavy atom. The third kappa shape index (κ3) is 2.73. The smallest absolute Gasteiger partial charge is 0.0484 e. The third-order valence-corrected chi connectivity index (χ3v) is 5.23. The summed E-state index contributed by atoms with van der Waals surface area (Å²) in [6, 6.07) is 0.655. The number of hydrogen-bond donors (Lipinski definition) is 1.